The van der Waals surface area contributed by atoms with Gasteiger partial charge in [0.05, 0.1) is 23.9 Å². The van der Waals surface area contributed by atoms with Gasteiger partial charge in [-0.15, -0.1) is 0 Å². The zero-order valence-electron chi connectivity index (χ0n) is 16.2. The first kappa shape index (κ1) is 22.0. The van der Waals surface area contributed by atoms with Crippen LogP contribution >= 0.6 is 31.9 Å². The molecule has 0 spiro atoms. The minimum Gasteiger partial charge on any atom is -0.493 e. The molecule has 7 nitrogen and oxygen atoms in total. The molecule has 2 aromatic carbocycles. The summed E-state index contributed by atoms with van der Waals surface area (Å²) in [6.45, 7) is 2.51. The van der Waals surface area contributed by atoms with Crippen molar-refractivity contribution in [2.24, 2.45) is 0 Å². The normalized spacial score (nSPS) is 15.4. The van der Waals surface area contributed by atoms with Crippen LogP contribution in [-0.2, 0) is 9.59 Å². The average molecular weight is 538 g/mol. The molecule has 0 radical (unpaired) electrons. The molecule has 1 aliphatic heterocycles. The summed E-state index contributed by atoms with van der Waals surface area (Å²) in [4.78, 5) is 38.6. The molecule has 0 bridgehead atoms. The van der Waals surface area contributed by atoms with Crippen molar-refractivity contribution < 1.29 is 23.9 Å². The van der Waals surface area contributed by atoms with Crippen molar-refractivity contribution >= 4 is 61.5 Å². The second-order valence-corrected chi connectivity index (χ2v) is 8.09. The fourth-order valence-electron chi connectivity index (χ4n) is 2.82. The molecule has 2 aromatic rings. The first-order chi connectivity index (χ1) is 14.3. The van der Waals surface area contributed by atoms with Gasteiger partial charge in [-0.05, 0) is 70.4 Å². The van der Waals surface area contributed by atoms with Gasteiger partial charge in [0.25, 0.3) is 11.8 Å². The van der Waals surface area contributed by atoms with E-state index in [4.69, 9.17) is 9.47 Å². The number of nitrogens with zero attached hydrogens (tertiary/aromatic N) is 1. The highest BCUT2D eigenvalue weighted by Crippen LogP contribution is 2.37. The van der Waals surface area contributed by atoms with Crippen molar-refractivity contribution in [3.05, 3.63) is 56.5 Å². The van der Waals surface area contributed by atoms with Gasteiger partial charge in [0.1, 0.15) is 5.57 Å². The van der Waals surface area contributed by atoms with Crippen LogP contribution in [0.1, 0.15) is 18.9 Å². The minimum absolute atomic E-state index is 0.173. The first-order valence-electron chi connectivity index (χ1n) is 9.03. The SMILES string of the molecule is CCCOc1c(Br)cc(/C=C2\C(=O)NC(=O)N(c3ccc(Br)cc3)C2=O)cc1OC. The smallest absolute Gasteiger partial charge is 0.335 e. The van der Waals surface area contributed by atoms with Gasteiger partial charge < -0.3 is 9.47 Å². The Hall–Kier alpha value is -2.65. The van der Waals surface area contributed by atoms with Gasteiger partial charge in [0, 0.05) is 4.47 Å². The van der Waals surface area contributed by atoms with E-state index in [2.05, 4.69) is 37.2 Å². The molecule has 0 unspecified atom stereocenters. The molecule has 4 amide bonds. The van der Waals surface area contributed by atoms with Crippen LogP contribution in [0.3, 0.4) is 0 Å². The molecule has 1 N–H and O–H groups in total. The summed E-state index contributed by atoms with van der Waals surface area (Å²) in [5.41, 5.74) is 0.709. The van der Waals surface area contributed by atoms with Gasteiger partial charge in [-0.3, -0.25) is 14.9 Å². The Morgan fingerprint density at radius 1 is 1.10 bits per heavy atom. The van der Waals surface area contributed by atoms with Crippen LogP contribution in [0, 0.1) is 0 Å². The summed E-state index contributed by atoms with van der Waals surface area (Å²) in [6.07, 6.45) is 2.24. The molecule has 3 rings (SSSR count). The van der Waals surface area contributed by atoms with E-state index in [1.165, 1.54) is 13.2 Å². The molecule has 0 atom stereocenters. The molecule has 0 saturated carbocycles. The number of halogens is 2. The van der Waals surface area contributed by atoms with Crippen LogP contribution in [0.4, 0.5) is 10.5 Å². The third-order valence-corrected chi connectivity index (χ3v) is 5.32. The molecular formula is C21H18Br2N2O5. The van der Waals surface area contributed by atoms with Crippen molar-refractivity contribution in [2.75, 3.05) is 18.6 Å². The maximum atomic E-state index is 13.0. The average Bonchev–Trinajstić information content (AvgIpc) is 2.71. The zero-order valence-corrected chi connectivity index (χ0v) is 19.4. The van der Waals surface area contributed by atoms with E-state index < -0.39 is 17.8 Å². The Morgan fingerprint density at radius 3 is 2.43 bits per heavy atom. The molecule has 1 saturated heterocycles. The van der Waals surface area contributed by atoms with E-state index in [-0.39, 0.29) is 5.57 Å². The number of ether oxygens (including phenoxy) is 2. The highest BCUT2D eigenvalue weighted by atomic mass is 79.9. The van der Waals surface area contributed by atoms with E-state index in [0.717, 1.165) is 15.8 Å². The third kappa shape index (κ3) is 4.57. The zero-order chi connectivity index (χ0) is 21.8. The van der Waals surface area contributed by atoms with Gasteiger partial charge in [-0.2, -0.15) is 0 Å². The summed E-state index contributed by atoms with van der Waals surface area (Å²) in [7, 11) is 1.50. The Labute approximate surface area is 190 Å². The number of nitrogens with one attached hydrogen (secondary N) is 1. The van der Waals surface area contributed by atoms with Gasteiger partial charge in [0.15, 0.2) is 11.5 Å². The number of anilines is 1. The Balaban J connectivity index is 2.00. The maximum Gasteiger partial charge on any atom is 0.335 e. The summed E-state index contributed by atoms with van der Waals surface area (Å²) < 4.78 is 12.5. The standard InChI is InChI=1S/C21H18Br2N2O5/c1-3-8-30-18-16(23)10-12(11-17(18)29-2)9-15-19(26)24-21(28)25(20(15)27)14-6-4-13(22)5-7-14/h4-7,9-11H,3,8H2,1-2H3,(H,24,26,28)/b15-9+. The summed E-state index contributed by atoms with van der Waals surface area (Å²) in [6, 6.07) is 9.18. The molecule has 1 aliphatic rings. The van der Waals surface area contributed by atoms with Crippen molar-refractivity contribution in [3.8, 4) is 11.5 Å². The van der Waals surface area contributed by atoms with Crippen LogP contribution in [0.15, 0.2) is 50.9 Å². The van der Waals surface area contributed by atoms with Crippen LogP contribution in [0.2, 0.25) is 0 Å². The van der Waals surface area contributed by atoms with Crippen molar-refractivity contribution in [1.82, 2.24) is 5.32 Å². The highest BCUT2D eigenvalue weighted by Gasteiger charge is 2.36. The molecule has 1 fully saturated rings. The number of urea groups is 1. The fraction of sp³-hybridized carbons (Fsp3) is 0.190. The fourth-order valence-corrected chi connectivity index (χ4v) is 3.65. The molecule has 0 aromatic heterocycles. The lowest BCUT2D eigenvalue weighted by atomic mass is 10.1. The summed E-state index contributed by atoms with van der Waals surface area (Å²) in [5.74, 6) is -0.492. The van der Waals surface area contributed by atoms with Gasteiger partial charge in [0.2, 0.25) is 0 Å². The molecule has 0 aliphatic carbocycles. The van der Waals surface area contributed by atoms with Crippen LogP contribution in [0.5, 0.6) is 11.5 Å². The Morgan fingerprint density at radius 2 is 1.80 bits per heavy atom. The lowest BCUT2D eigenvalue weighted by Gasteiger charge is -2.26. The van der Waals surface area contributed by atoms with Crippen LogP contribution in [0.25, 0.3) is 6.08 Å². The predicted octanol–water partition coefficient (Wildman–Crippen LogP) is 4.68. The number of hydrogen-bond donors (Lipinski definition) is 1. The predicted molar refractivity (Wildman–Crippen MR) is 120 cm³/mol. The molecule has 156 valence electrons. The lowest BCUT2D eigenvalue weighted by Crippen LogP contribution is -2.54. The minimum atomic E-state index is -0.799. The highest BCUT2D eigenvalue weighted by molar-refractivity contribution is 9.10. The van der Waals surface area contributed by atoms with Crippen molar-refractivity contribution in [3.63, 3.8) is 0 Å². The number of imide groups is 2. The first-order valence-corrected chi connectivity index (χ1v) is 10.6. The van der Waals surface area contributed by atoms with Gasteiger partial charge >= 0.3 is 6.03 Å². The number of amides is 4. The summed E-state index contributed by atoms with van der Waals surface area (Å²) in [5, 5.41) is 2.21. The Bertz CT molecular complexity index is 1030. The largest absolute Gasteiger partial charge is 0.493 e. The van der Waals surface area contributed by atoms with E-state index in [1.54, 1.807) is 36.4 Å². The van der Waals surface area contributed by atoms with E-state index in [1.807, 2.05) is 6.92 Å². The molecule has 9 heteroatoms. The van der Waals surface area contributed by atoms with E-state index in [9.17, 15) is 14.4 Å². The third-order valence-electron chi connectivity index (χ3n) is 4.20. The molecule has 1 heterocycles. The van der Waals surface area contributed by atoms with Crippen molar-refractivity contribution in [2.45, 2.75) is 13.3 Å². The quantitative estimate of drug-likeness (QED) is 0.427. The Kier molecular flexibility index (Phi) is 6.94. The number of barbiturate groups is 1. The van der Waals surface area contributed by atoms with Crippen LogP contribution < -0.4 is 19.7 Å². The number of rotatable bonds is 6. The van der Waals surface area contributed by atoms with Gasteiger partial charge in [-0.25, -0.2) is 9.69 Å². The second-order valence-electron chi connectivity index (χ2n) is 6.32. The van der Waals surface area contributed by atoms with E-state index in [0.29, 0.717) is 33.8 Å². The monoisotopic (exact) mass is 536 g/mol. The number of carbonyl (C=O) groups is 3. The number of benzene rings is 2. The molecule has 30 heavy (non-hydrogen) atoms. The number of methoxy groups -OCH3 is 1. The summed E-state index contributed by atoms with van der Waals surface area (Å²) >= 11 is 6.75. The van der Waals surface area contributed by atoms with Crippen LogP contribution in [-0.4, -0.2) is 31.6 Å². The topological polar surface area (TPSA) is 84.9 Å². The lowest BCUT2D eigenvalue weighted by molar-refractivity contribution is -0.122. The second kappa shape index (κ2) is 9.44. The van der Waals surface area contributed by atoms with Gasteiger partial charge in [-0.1, -0.05) is 22.9 Å². The maximum absolute atomic E-state index is 13.0. The van der Waals surface area contributed by atoms with Crippen molar-refractivity contribution in [1.29, 1.82) is 0 Å². The number of carbonyl (C=O) groups excluding carboxylic acids is 3. The number of hydrogen-bond acceptors (Lipinski definition) is 5. The molecular weight excluding hydrogens is 520 g/mol. The van der Waals surface area contributed by atoms with E-state index >= 15 is 0 Å².